The molecule has 0 saturated carbocycles. The molecule has 0 bridgehead atoms. The van der Waals surface area contributed by atoms with E-state index >= 15 is 0 Å². The van der Waals surface area contributed by atoms with Crippen molar-refractivity contribution >= 4 is 15.9 Å². The van der Waals surface area contributed by atoms with Gasteiger partial charge in [0.15, 0.2) is 0 Å². The van der Waals surface area contributed by atoms with Crippen LogP contribution in [0.3, 0.4) is 0 Å². The fourth-order valence-electron chi connectivity index (χ4n) is 2.41. The lowest BCUT2D eigenvalue weighted by atomic mass is 9.95. The smallest absolute Gasteiger partial charge is 0.123 e. The van der Waals surface area contributed by atoms with Crippen LogP contribution in [-0.4, -0.2) is 18.8 Å². The van der Waals surface area contributed by atoms with Crippen molar-refractivity contribution in [2.45, 2.75) is 45.4 Å². The van der Waals surface area contributed by atoms with Crippen LogP contribution in [0, 0.1) is 11.7 Å². The van der Waals surface area contributed by atoms with Crippen LogP contribution in [0.4, 0.5) is 4.39 Å². The average molecular weight is 330 g/mol. The van der Waals surface area contributed by atoms with Gasteiger partial charge in [0.05, 0.1) is 6.10 Å². The summed E-state index contributed by atoms with van der Waals surface area (Å²) in [6, 6.07) is 5.26. The summed E-state index contributed by atoms with van der Waals surface area (Å²) in [6.45, 7) is 5.88. The third-order valence-corrected chi connectivity index (χ3v) is 4.42. The Morgan fingerprint density at radius 3 is 3.00 bits per heavy atom. The first-order chi connectivity index (χ1) is 9.06. The maximum atomic E-state index is 13.2. The van der Waals surface area contributed by atoms with Crippen molar-refractivity contribution < 1.29 is 9.13 Å². The molecule has 19 heavy (non-hydrogen) atoms. The average Bonchev–Trinajstić information content (AvgIpc) is 2.40. The molecule has 0 radical (unpaired) electrons. The van der Waals surface area contributed by atoms with Gasteiger partial charge in [-0.15, -0.1) is 0 Å². The van der Waals surface area contributed by atoms with Gasteiger partial charge in [-0.1, -0.05) is 29.8 Å². The summed E-state index contributed by atoms with van der Waals surface area (Å²) in [4.78, 5) is 0. The molecule has 1 saturated heterocycles. The molecule has 106 valence electrons. The minimum absolute atomic E-state index is 0.188. The largest absolute Gasteiger partial charge is 0.378 e. The second-order valence-corrected chi connectivity index (χ2v) is 6.35. The molecule has 1 aromatic carbocycles. The predicted molar refractivity (Wildman–Crippen MR) is 78.5 cm³/mol. The van der Waals surface area contributed by atoms with E-state index in [2.05, 4.69) is 35.1 Å². The summed E-state index contributed by atoms with van der Waals surface area (Å²) in [5.74, 6) is 0.359. The SMILES string of the molecule is CC(C)C1CC(NCc2cc(F)ccc2Br)CCO1. The van der Waals surface area contributed by atoms with Gasteiger partial charge in [-0.05, 0) is 42.5 Å². The van der Waals surface area contributed by atoms with Crippen molar-refractivity contribution in [3.63, 3.8) is 0 Å². The highest BCUT2D eigenvalue weighted by molar-refractivity contribution is 9.10. The van der Waals surface area contributed by atoms with Crippen LogP contribution in [-0.2, 0) is 11.3 Å². The van der Waals surface area contributed by atoms with Crippen LogP contribution in [0.25, 0.3) is 0 Å². The van der Waals surface area contributed by atoms with E-state index in [0.717, 1.165) is 29.5 Å². The van der Waals surface area contributed by atoms with Crippen LogP contribution < -0.4 is 5.32 Å². The van der Waals surface area contributed by atoms with Gasteiger partial charge in [0, 0.05) is 23.7 Å². The van der Waals surface area contributed by atoms with E-state index in [9.17, 15) is 4.39 Å². The van der Waals surface area contributed by atoms with Crippen molar-refractivity contribution in [2.75, 3.05) is 6.61 Å². The molecular weight excluding hydrogens is 309 g/mol. The van der Waals surface area contributed by atoms with Crippen molar-refractivity contribution in [2.24, 2.45) is 5.92 Å². The zero-order valence-corrected chi connectivity index (χ0v) is 13.0. The third kappa shape index (κ3) is 4.26. The van der Waals surface area contributed by atoms with E-state index in [1.807, 2.05) is 0 Å². The molecule has 0 amide bonds. The van der Waals surface area contributed by atoms with Gasteiger partial charge in [0.1, 0.15) is 5.82 Å². The molecule has 2 atom stereocenters. The Hall–Kier alpha value is -0.450. The Morgan fingerprint density at radius 1 is 1.47 bits per heavy atom. The maximum Gasteiger partial charge on any atom is 0.123 e. The molecule has 1 heterocycles. The van der Waals surface area contributed by atoms with Gasteiger partial charge in [-0.3, -0.25) is 0 Å². The summed E-state index contributed by atoms with van der Waals surface area (Å²) in [7, 11) is 0. The van der Waals surface area contributed by atoms with Gasteiger partial charge in [0.2, 0.25) is 0 Å². The Kier molecular flexibility index (Phi) is 5.37. The molecule has 2 nitrogen and oxygen atoms in total. The summed E-state index contributed by atoms with van der Waals surface area (Å²) in [5, 5.41) is 3.51. The highest BCUT2D eigenvalue weighted by Gasteiger charge is 2.24. The van der Waals surface area contributed by atoms with Crippen molar-refractivity contribution in [1.29, 1.82) is 0 Å². The second kappa shape index (κ2) is 6.82. The normalized spacial score (nSPS) is 23.8. The summed E-state index contributed by atoms with van der Waals surface area (Å²) < 4.78 is 19.9. The van der Waals surface area contributed by atoms with E-state index in [-0.39, 0.29) is 5.82 Å². The summed E-state index contributed by atoms with van der Waals surface area (Å²) >= 11 is 3.46. The molecule has 1 fully saturated rings. The lowest BCUT2D eigenvalue weighted by Crippen LogP contribution is -2.40. The molecule has 0 aliphatic carbocycles. The molecule has 0 spiro atoms. The molecule has 2 unspecified atom stereocenters. The van der Waals surface area contributed by atoms with Crippen LogP contribution in [0.1, 0.15) is 32.3 Å². The number of benzene rings is 1. The minimum atomic E-state index is -0.188. The number of hydrogen-bond donors (Lipinski definition) is 1. The van der Waals surface area contributed by atoms with Crippen molar-refractivity contribution in [3.05, 3.63) is 34.1 Å². The zero-order valence-electron chi connectivity index (χ0n) is 11.5. The third-order valence-electron chi connectivity index (χ3n) is 3.65. The van der Waals surface area contributed by atoms with E-state index in [0.29, 0.717) is 24.6 Å². The van der Waals surface area contributed by atoms with Gasteiger partial charge in [0.25, 0.3) is 0 Å². The molecule has 0 aromatic heterocycles. The van der Waals surface area contributed by atoms with Crippen LogP contribution >= 0.6 is 15.9 Å². The Bertz CT molecular complexity index is 425. The van der Waals surface area contributed by atoms with Crippen LogP contribution in [0.2, 0.25) is 0 Å². The highest BCUT2D eigenvalue weighted by Crippen LogP contribution is 2.22. The molecule has 2 rings (SSSR count). The second-order valence-electron chi connectivity index (χ2n) is 5.49. The van der Waals surface area contributed by atoms with Gasteiger partial charge < -0.3 is 10.1 Å². The number of halogens is 2. The first kappa shape index (κ1) is 14.9. The quantitative estimate of drug-likeness (QED) is 0.905. The summed E-state index contributed by atoms with van der Waals surface area (Å²) in [5.41, 5.74) is 0.965. The summed E-state index contributed by atoms with van der Waals surface area (Å²) in [6.07, 6.45) is 2.39. The van der Waals surface area contributed by atoms with E-state index < -0.39 is 0 Å². The highest BCUT2D eigenvalue weighted by atomic mass is 79.9. The minimum Gasteiger partial charge on any atom is -0.378 e. The Morgan fingerprint density at radius 2 is 2.26 bits per heavy atom. The Balaban J connectivity index is 1.89. The van der Waals surface area contributed by atoms with Gasteiger partial charge in [-0.25, -0.2) is 4.39 Å². The molecule has 1 aliphatic heterocycles. The fourth-order valence-corrected chi connectivity index (χ4v) is 2.80. The number of rotatable bonds is 4. The van der Waals surface area contributed by atoms with Crippen molar-refractivity contribution in [1.82, 2.24) is 5.32 Å². The molecule has 1 N–H and O–H groups in total. The lowest BCUT2D eigenvalue weighted by Gasteiger charge is -2.32. The van der Waals surface area contributed by atoms with Gasteiger partial charge in [-0.2, -0.15) is 0 Å². The molecule has 4 heteroatoms. The first-order valence-corrected chi connectivity index (χ1v) is 7.64. The van der Waals surface area contributed by atoms with E-state index in [1.165, 1.54) is 6.07 Å². The molecule has 1 aromatic rings. The monoisotopic (exact) mass is 329 g/mol. The lowest BCUT2D eigenvalue weighted by molar-refractivity contribution is -0.0245. The van der Waals surface area contributed by atoms with E-state index in [4.69, 9.17) is 4.74 Å². The van der Waals surface area contributed by atoms with Crippen molar-refractivity contribution in [3.8, 4) is 0 Å². The standard InChI is InChI=1S/C15H21BrFNO/c1-10(2)15-8-13(5-6-19-15)18-9-11-7-12(17)3-4-14(11)16/h3-4,7,10,13,15,18H,5-6,8-9H2,1-2H3. The number of ether oxygens (including phenoxy) is 1. The topological polar surface area (TPSA) is 21.3 Å². The fraction of sp³-hybridized carbons (Fsp3) is 0.600. The van der Waals surface area contributed by atoms with Crippen LogP contribution in [0.15, 0.2) is 22.7 Å². The number of hydrogen-bond acceptors (Lipinski definition) is 2. The predicted octanol–water partition coefficient (Wildman–Crippen LogP) is 3.88. The van der Waals surface area contributed by atoms with Gasteiger partial charge >= 0.3 is 0 Å². The van der Waals surface area contributed by atoms with E-state index in [1.54, 1.807) is 12.1 Å². The zero-order chi connectivity index (χ0) is 13.8. The Labute approximate surface area is 122 Å². The molecular formula is C15H21BrFNO. The number of nitrogens with one attached hydrogen (secondary N) is 1. The van der Waals surface area contributed by atoms with Crippen LogP contribution in [0.5, 0.6) is 0 Å². The molecule has 1 aliphatic rings. The first-order valence-electron chi connectivity index (χ1n) is 6.85. The maximum absolute atomic E-state index is 13.2.